The third-order valence-electron chi connectivity index (χ3n) is 6.00. The number of hydrogen-bond donors (Lipinski definition) is 1. The lowest BCUT2D eigenvalue weighted by Gasteiger charge is -2.33. The number of benzene rings is 3. The fraction of sp³-hybridized carbons (Fsp3) is 0.214. The summed E-state index contributed by atoms with van der Waals surface area (Å²) in [6, 6.07) is 21.4. The zero-order valence-electron chi connectivity index (χ0n) is 20.5. The summed E-state index contributed by atoms with van der Waals surface area (Å²) in [6.45, 7) is 3.50. The molecule has 1 unspecified atom stereocenters. The summed E-state index contributed by atoms with van der Waals surface area (Å²) in [6.07, 6.45) is -3.62. The van der Waals surface area contributed by atoms with Crippen LogP contribution in [0, 0.1) is 12.3 Å². The lowest BCUT2D eigenvalue weighted by molar-refractivity contribution is -0.138. The predicted octanol–water partition coefficient (Wildman–Crippen LogP) is 7.01. The number of hydrogen-bond acceptors (Lipinski definition) is 5. The van der Waals surface area contributed by atoms with Crippen LogP contribution in [0.3, 0.4) is 0 Å². The molecular formula is C28H27F3N4O. The highest BCUT2D eigenvalue weighted by Gasteiger charge is 2.41. The Labute approximate surface area is 208 Å². The molecule has 3 aromatic carbocycles. The molecule has 1 heterocycles. The Morgan fingerprint density at radius 3 is 2.28 bits per heavy atom. The number of aliphatic imine (C=N–C) groups is 1. The topological polar surface area (TPSA) is 51.9 Å². The Morgan fingerprint density at radius 1 is 0.972 bits per heavy atom. The van der Waals surface area contributed by atoms with Crippen molar-refractivity contribution in [2.45, 2.75) is 26.2 Å². The number of anilines is 1. The first-order valence-corrected chi connectivity index (χ1v) is 11.4. The first-order chi connectivity index (χ1) is 17.1. The maximum absolute atomic E-state index is 14.0. The highest BCUT2D eigenvalue weighted by atomic mass is 19.4. The van der Waals surface area contributed by atoms with Crippen LogP contribution in [0.25, 0.3) is 11.1 Å². The molecule has 36 heavy (non-hydrogen) atoms. The molecule has 1 atom stereocenters. The van der Waals surface area contributed by atoms with Crippen LogP contribution < -0.4 is 4.90 Å². The summed E-state index contributed by atoms with van der Waals surface area (Å²) in [4.78, 5) is 7.60. The van der Waals surface area contributed by atoms with Crippen LogP contribution in [0.2, 0.25) is 0 Å². The predicted molar refractivity (Wildman–Crippen MR) is 137 cm³/mol. The smallest absolute Gasteiger partial charge is 0.416 e. The molecule has 1 N–H and O–H groups in total. The lowest BCUT2D eigenvalue weighted by atomic mass is 10.0. The number of alkyl halides is 3. The molecule has 8 heteroatoms. The van der Waals surface area contributed by atoms with E-state index in [2.05, 4.69) is 11.1 Å². The van der Waals surface area contributed by atoms with Gasteiger partial charge in [-0.15, -0.1) is 0 Å². The van der Waals surface area contributed by atoms with Crippen LogP contribution >= 0.6 is 0 Å². The first kappa shape index (κ1) is 25.0. The van der Waals surface area contributed by atoms with Crippen molar-refractivity contribution >= 4 is 17.5 Å². The number of aryl methyl sites for hydroxylation is 1. The van der Waals surface area contributed by atoms with Crippen LogP contribution in [-0.4, -0.2) is 30.8 Å². The van der Waals surface area contributed by atoms with E-state index >= 15 is 0 Å². The Hall–Kier alpha value is -4.07. The van der Waals surface area contributed by atoms with Crippen molar-refractivity contribution in [3.8, 4) is 11.1 Å². The zero-order valence-corrected chi connectivity index (χ0v) is 20.5. The minimum absolute atomic E-state index is 0.0712. The number of nitrogens with one attached hydrogen (secondary N) is 1. The maximum atomic E-state index is 14.0. The third kappa shape index (κ3) is 4.98. The summed E-state index contributed by atoms with van der Waals surface area (Å²) >= 11 is 0. The lowest BCUT2D eigenvalue weighted by Crippen LogP contribution is -2.33. The summed E-state index contributed by atoms with van der Waals surface area (Å²) in [5.41, 5.74) is 3.77. The van der Waals surface area contributed by atoms with Crippen molar-refractivity contribution in [1.82, 2.24) is 4.90 Å². The van der Waals surface area contributed by atoms with E-state index in [1.165, 1.54) is 26.1 Å². The van der Waals surface area contributed by atoms with Gasteiger partial charge in [0.2, 0.25) is 5.90 Å². The quantitative estimate of drug-likeness (QED) is 0.315. The molecule has 0 aromatic heterocycles. The molecule has 0 amide bonds. The Kier molecular flexibility index (Phi) is 6.88. The molecule has 0 saturated carbocycles. The normalized spacial score (nSPS) is 16.2. The summed E-state index contributed by atoms with van der Waals surface area (Å²) in [5, 5.41) is 7.71. The Bertz CT molecular complexity index is 1330. The van der Waals surface area contributed by atoms with Crippen LogP contribution in [0.15, 0.2) is 89.7 Å². The van der Waals surface area contributed by atoms with E-state index in [1.54, 1.807) is 29.1 Å². The van der Waals surface area contributed by atoms with E-state index in [-0.39, 0.29) is 17.4 Å². The van der Waals surface area contributed by atoms with Crippen LogP contribution in [0.1, 0.15) is 29.8 Å². The second-order valence-corrected chi connectivity index (χ2v) is 8.59. The highest BCUT2D eigenvalue weighted by molar-refractivity contribution is 6.00. The average Bonchev–Trinajstić information content (AvgIpc) is 3.18. The van der Waals surface area contributed by atoms with Crippen LogP contribution in [0.5, 0.6) is 0 Å². The number of halogens is 3. The van der Waals surface area contributed by atoms with Gasteiger partial charge in [-0.05, 0) is 36.2 Å². The molecule has 0 aliphatic carbocycles. The van der Waals surface area contributed by atoms with Crippen molar-refractivity contribution in [3.05, 3.63) is 101 Å². The molecule has 186 valence electrons. The van der Waals surface area contributed by atoms with Crippen molar-refractivity contribution < 1.29 is 17.9 Å². The van der Waals surface area contributed by atoms with Gasteiger partial charge in [0, 0.05) is 38.5 Å². The minimum atomic E-state index is -4.52. The SMILES string of the molecule is CN=C(OC(C)=N)C1=CN(c2ccc(-c3cccc(C)c3)cc2)C(c2ccccc2C(F)(F)F)N1C. The van der Waals surface area contributed by atoms with Gasteiger partial charge in [0.25, 0.3) is 0 Å². The van der Waals surface area contributed by atoms with Gasteiger partial charge in [-0.1, -0.05) is 60.2 Å². The highest BCUT2D eigenvalue weighted by Crippen LogP contribution is 2.43. The summed E-state index contributed by atoms with van der Waals surface area (Å²) in [7, 11) is 3.21. The van der Waals surface area contributed by atoms with E-state index in [0.717, 1.165) is 22.8 Å². The van der Waals surface area contributed by atoms with Crippen LogP contribution in [0.4, 0.5) is 18.9 Å². The maximum Gasteiger partial charge on any atom is 0.416 e. The number of ether oxygens (including phenoxy) is 1. The van der Waals surface area contributed by atoms with E-state index in [4.69, 9.17) is 10.1 Å². The Morgan fingerprint density at radius 2 is 1.67 bits per heavy atom. The molecule has 0 spiro atoms. The second-order valence-electron chi connectivity index (χ2n) is 8.59. The second kappa shape index (κ2) is 9.89. The molecule has 0 bridgehead atoms. The standard InChI is InChI=1S/C28H27F3N4O/c1-18-8-7-9-21(16-18)20-12-14-22(15-13-20)35-17-25(26(33-3)36-19(2)32)34(4)27(35)23-10-5-6-11-24(23)28(29,30)31/h5-17,27,32H,1-4H3. The summed E-state index contributed by atoms with van der Waals surface area (Å²) in [5.74, 6) is 0.0801. The van der Waals surface area contributed by atoms with Crippen molar-refractivity contribution in [3.63, 3.8) is 0 Å². The van der Waals surface area contributed by atoms with Gasteiger partial charge in [0.05, 0.1) is 5.56 Å². The molecule has 1 aliphatic heterocycles. The van der Waals surface area contributed by atoms with Gasteiger partial charge in [0.1, 0.15) is 11.9 Å². The molecular weight excluding hydrogens is 465 g/mol. The first-order valence-electron chi connectivity index (χ1n) is 11.4. The average molecular weight is 493 g/mol. The van der Waals surface area contributed by atoms with Gasteiger partial charge >= 0.3 is 6.18 Å². The number of rotatable bonds is 4. The number of likely N-dealkylation sites (N-methyl/N-ethyl adjacent to an activating group) is 1. The van der Waals surface area contributed by atoms with E-state index in [1.807, 2.05) is 49.4 Å². The molecule has 0 radical (unpaired) electrons. The van der Waals surface area contributed by atoms with Crippen molar-refractivity contribution in [2.24, 2.45) is 4.99 Å². The van der Waals surface area contributed by atoms with Gasteiger partial charge in [0.15, 0.2) is 5.90 Å². The largest absolute Gasteiger partial charge is 0.424 e. The monoisotopic (exact) mass is 492 g/mol. The van der Waals surface area contributed by atoms with Crippen molar-refractivity contribution in [1.29, 1.82) is 5.41 Å². The van der Waals surface area contributed by atoms with E-state index in [0.29, 0.717) is 11.4 Å². The van der Waals surface area contributed by atoms with E-state index in [9.17, 15) is 13.2 Å². The van der Waals surface area contributed by atoms with Gasteiger partial charge in [-0.3, -0.25) is 10.4 Å². The molecule has 0 fully saturated rings. The molecule has 5 nitrogen and oxygen atoms in total. The zero-order chi connectivity index (χ0) is 26.0. The fourth-order valence-electron chi connectivity index (χ4n) is 4.38. The third-order valence-corrected chi connectivity index (χ3v) is 6.00. The fourth-order valence-corrected chi connectivity index (χ4v) is 4.38. The molecule has 0 saturated heterocycles. The van der Waals surface area contributed by atoms with Gasteiger partial charge in [-0.2, -0.15) is 13.2 Å². The summed E-state index contributed by atoms with van der Waals surface area (Å²) < 4.78 is 47.5. The van der Waals surface area contributed by atoms with E-state index < -0.39 is 17.9 Å². The van der Waals surface area contributed by atoms with Crippen LogP contribution in [-0.2, 0) is 10.9 Å². The van der Waals surface area contributed by atoms with Gasteiger partial charge < -0.3 is 14.5 Å². The van der Waals surface area contributed by atoms with Crippen molar-refractivity contribution in [2.75, 3.05) is 19.0 Å². The minimum Gasteiger partial charge on any atom is -0.424 e. The number of nitrogens with zero attached hydrogens (tertiary/aromatic N) is 3. The molecule has 3 aromatic rings. The molecule has 1 aliphatic rings. The van der Waals surface area contributed by atoms with Gasteiger partial charge in [-0.25, -0.2) is 0 Å². The molecule has 4 rings (SSSR count). The Balaban J connectivity index is 1.82.